The monoisotopic (exact) mass is 310 g/mol. The van der Waals surface area contributed by atoms with Crippen LogP contribution in [-0.2, 0) is 4.84 Å². The van der Waals surface area contributed by atoms with Crippen molar-refractivity contribution in [1.82, 2.24) is 0 Å². The lowest BCUT2D eigenvalue weighted by molar-refractivity contribution is -0.787. The van der Waals surface area contributed by atoms with Crippen LogP contribution in [0, 0.1) is 26.4 Å². The minimum absolute atomic E-state index is 0.0646. The summed E-state index contributed by atoms with van der Waals surface area (Å²) in [6, 6.07) is 0. The quantitative estimate of drug-likeness (QED) is 0.572. The Labute approximate surface area is 133 Å². The molecule has 2 N–H and O–H groups in total. The molecular weight excluding hydrogens is 280 g/mol. The van der Waals surface area contributed by atoms with Crippen molar-refractivity contribution in [3.63, 3.8) is 0 Å². The molecule has 0 aromatic rings. The van der Waals surface area contributed by atoms with E-state index in [1.54, 1.807) is 0 Å². The van der Waals surface area contributed by atoms with Gasteiger partial charge in [0.05, 0.1) is 0 Å². The van der Waals surface area contributed by atoms with E-state index < -0.39 is 10.7 Å². The number of rotatable bonds is 7. The average molecular weight is 310 g/mol. The molecule has 4 bridgehead atoms. The molecule has 0 heterocycles. The summed E-state index contributed by atoms with van der Waals surface area (Å²) in [4.78, 5) is 16.5. The fourth-order valence-corrected chi connectivity index (χ4v) is 7.25. The summed E-state index contributed by atoms with van der Waals surface area (Å²) in [5, 5.41) is 10.6. The predicted molar refractivity (Wildman–Crippen MR) is 84.7 cm³/mol. The van der Waals surface area contributed by atoms with E-state index in [-0.39, 0.29) is 16.2 Å². The maximum absolute atomic E-state index is 11.2. The summed E-state index contributed by atoms with van der Waals surface area (Å²) < 4.78 is 0. The van der Waals surface area contributed by atoms with E-state index in [2.05, 4.69) is 13.8 Å². The van der Waals surface area contributed by atoms with Crippen LogP contribution in [0.3, 0.4) is 0 Å². The van der Waals surface area contributed by atoms with E-state index in [1.165, 1.54) is 6.42 Å². The first-order chi connectivity index (χ1) is 10.3. The molecule has 2 atom stereocenters. The van der Waals surface area contributed by atoms with Gasteiger partial charge < -0.3 is 10.6 Å². The number of nitrogens with two attached hydrogens (primary N) is 1. The van der Waals surface area contributed by atoms with Crippen LogP contribution in [0.5, 0.6) is 0 Å². The van der Waals surface area contributed by atoms with Gasteiger partial charge in [-0.1, -0.05) is 26.7 Å². The molecule has 4 fully saturated rings. The Bertz CT molecular complexity index is 443. The van der Waals surface area contributed by atoms with Gasteiger partial charge in [-0.2, -0.15) is 0 Å². The lowest BCUT2D eigenvalue weighted by Crippen LogP contribution is -2.66. The topological polar surface area (TPSA) is 78.4 Å². The maximum atomic E-state index is 11.2. The van der Waals surface area contributed by atoms with Crippen LogP contribution < -0.4 is 5.73 Å². The van der Waals surface area contributed by atoms with Crippen LogP contribution in [-0.4, -0.2) is 17.2 Å². The van der Waals surface area contributed by atoms with Gasteiger partial charge in [-0.3, -0.25) is 0 Å². The highest BCUT2D eigenvalue weighted by Gasteiger charge is 2.68. The van der Waals surface area contributed by atoms with Gasteiger partial charge in [-0.15, -0.1) is 10.1 Å². The van der Waals surface area contributed by atoms with Crippen molar-refractivity contribution in [2.45, 2.75) is 83.7 Å². The third-order valence-electron chi connectivity index (χ3n) is 6.60. The molecule has 4 aliphatic rings. The minimum Gasteiger partial charge on any atom is -0.330 e. The lowest BCUT2D eigenvalue weighted by atomic mass is 9.37. The second-order valence-electron chi connectivity index (χ2n) is 8.76. The summed E-state index contributed by atoms with van der Waals surface area (Å²) >= 11 is 0. The fourth-order valence-electron chi connectivity index (χ4n) is 7.25. The van der Waals surface area contributed by atoms with Gasteiger partial charge in [0.15, 0.2) is 0 Å². The third-order valence-corrected chi connectivity index (χ3v) is 6.60. The average Bonchev–Trinajstić information content (AvgIpc) is 2.35. The summed E-state index contributed by atoms with van der Waals surface area (Å²) in [5.74, 6) is 0. The Morgan fingerprint density at radius 3 is 1.82 bits per heavy atom. The predicted octanol–water partition coefficient (Wildman–Crippen LogP) is 3.83. The van der Waals surface area contributed by atoms with Gasteiger partial charge >= 0.3 is 0 Å². The van der Waals surface area contributed by atoms with Gasteiger partial charge in [0.2, 0.25) is 0 Å². The molecule has 0 saturated heterocycles. The normalized spacial score (nSPS) is 46.0. The van der Waals surface area contributed by atoms with Crippen LogP contribution in [0.1, 0.15) is 78.1 Å². The van der Waals surface area contributed by atoms with Crippen LogP contribution in [0.4, 0.5) is 0 Å². The van der Waals surface area contributed by atoms with Crippen molar-refractivity contribution in [1.29, 1.82) is 0 Å². The highest BCUT2D eigenvalue weighted by molar-refractivity contribution is 5.18. The molecule has 0 amide bonds. The van der Waals surface area contributed by atoms with Gasteiger partial charge in [-0.05, 0) is 74.2 Å². The van der Waals surface area contributed by atoms with E-state index >= 15 is 0 Å². The molecule has 0 spiro atoms. The van der Waals surface area contributed by atoms with E-state index in [0.717, 1.165) is 57.8 Å². The van der Waals surface area contributed by atoms with Crippen molar-refractivity contribution in [2.75, 3.05) is 6.54 Å². The molecule has 4 saturated carbocycles. The first-order valence-corrected chi connectivity index (χ1v) is 8.88. The SMILES string of the molecule is CCCC12CC3(CN)CC(CCC)(C1)CC(O[N+](=O)[O-])(C3)C2. The second-order valence-corrected chi connectivity index (χ2v) is 8.76. The Hall–Kier alpha value is -0.840. The highest BCUT2D eigenvalue weighted by atomic mass is 17.0. The summed E-state index contributed by atoms with van der Waals surface area (Å²) in [6.45, 7) is 5.09. The van der Waals surface area contributed by atoms with Crippen molar-refractivity contribution in [2.24, 2.45) is 22.0 Å². The van der Waals surface area contributed by atoms with Crippen molar-refractivity contribution in [3.8, 4) is 0 Å². The molecule has 4 aliphatic carbocycles. The number of hydrogen-bond acceptors (Lipinski definition) is 4. The molecule has 22 heavy (non-hydrogen) atoms. The van der Waals surface area contributed by atoms with Gasteiger partial charge in [0.25, 0.3) is 5.09 Å². The molecule has 126 valence electrons. The Kier molecular flexibility index (Phi) is 3.70. The van der Waals surface area contributed by atoms with Crippen molar-refractivity contribution >= 4 is 0 Å². The maximum Gasteiger partial charge on any atom is 0.295 e. The molecule has 0 aliphatic heterocycles. The smallest absolute Gasteiger partial charge is 0.295 e. The minimum atomic E-state index is -0.567. The summed E-state index contributed by atoms with van der Waals surface area (Å²) in [6.07, 6.45) is 10.6. The van der Waals surface area contributed by atoms with Gasteiger partial charge in [-0.25, -0.2) is 0 Å². The number of hydrogen-bond donors (Lipinski definition) is 1. The van der Waals surface area contributed by atoms with E-state index in [1.807, 2.05) is 0 Å². The standard InChI is InChI=1S/C17H30N2O3/c1-3-5-14-7-15(6-4-2)9-16(8-14,13-18)12-17(10-14,11-15)22-19(20)21/h3-13,18H2,1-2H3. The Morgan fingerprint density at radius 1 is 0.955 bits per heavy atom. The number of nitrogens with zero attached hydrogens (tertiary/aromatic N) is 1. The van der Waals surface area contributed by atoms with E-state index in [4.69, 9.17) is 10.6 Å². The van der Waals surface area contributed by atoms with Crippen LogP contribution >= 0.6 is 0 Å². The molecule has 5 heteroatoms. The largest absolute Gasteiger partial charge is 0.330 e. The lowest BCUT2D eigenvalue weighted by Gasteiger charge is -2.70. The van der Waals surface area contributed by atoms with E-state index in [0.29, 0.717) is 6.54 Å². The van der Waals surface area contributed by atoms with Gasteiger partial charge in [0.1, 0.15) is 5.60 Å². The first-order valence-electron chi connectivity index (χ1n) is 8.88. The van der Waals surface area contributed by atoms with Crippen molar-refractivity contribution < 1.29 is 9.92 Å². The molecule has 0 aromatic carbocycles. The van der Waals surface area contributed by atoms with Crippen LogP contribution in [0.25, 0.3) is 0 Å². The molecule has 4 rings (SSSR count). The molecule has 5 nitrogen and oxygen atoms in total. The molecule has 0 aromatic heterocycles. The van der Waals surface area contributed by atoms with Crippen LogP contribution in [0.2, 0.25) is 0 Å². The summed E-state index contributed by atoms with van der Waals surface area (Å²) in [7, 11) is 0. The zero-order valence-electron chi connectivity index (χ0n) is 14.0. The third kappa shape index (κ3) is 2.41. The Morgan fingerprint density at radius 2 is 1.41 bits per heavy atom. The highest BCUT2D eigenvalue weighted by Crippen LogP contribution is 2.73. The zero-order chi connectivity index (χ0) is 16.1. The fraction of sp³-hybridized carbons (Fsp3) is 1.00. The van der Waals surface area contributed by atoms with Crippen molar-refractivity contribution in [3.05, 3.63) is 10.1 Å². The zero-order valence-corrected chi connectivity index (χ0v) is 14.0. The Balaban J connectivity index is 2.02. The molecule has 0 radical (unpaired) electrons. The summed E-state index contributed by atoms with van der Waals surface area (Å²) in [5.41, 5.74) is 6.13. The second kappa shape index (κ2) is 5.08. The molecular formula is C17H30N2O3. The van der Waals surface area contributed by atoms with Crippen LogP contribution in [0.15, 0.2) is 0 Å². The van der Waals surface area contributed by atoms with Gasteiger partial charge in [0, 0.05) is 0 Å². The first kappa shape index (κ1) is 16.0. The van der Waals surface area contributed by atoms with E-state index in [9.17, 15) is 10.1 Å². The molecule has 2 unspecified atom stereocenters.